The second kappa shape index (κ2) is 16.0. The van der Waals surface area contributed by atoms with Crippen molar-refractivity contribution in [3.8, 4) is 0 Å². The molecule has 20 valence electrons. The van der Waals surface area contributed by atoms with Crippen LogP contribution in [0.15, 0.2) is 0 Å². The molecular formula is H3BaBiNdO. The Hall–Kier alpha value is 3.61. The molecule has 0 fully saturated rings. The van der Waals surface area contributed by atoms with E-state index in [1.807, 2.05) is 0 Å². The van der Waals surface area contributed by atoms with Crippen LogP contribution in [0.4, 0.5) is 0 Å². The van der Waals surface area contributed by atoms with E-state index in [0.29, 0.717) is 0 Å². The van der Waals surface area contributed by atoms with E-state index in [0.717, 1.165) is 0 Å². The average Bonchev–Trinajstić information content (AvgIpc) is 1.00. The van der Waals surface area contributed by atoms with Crippen molar-refractivity contribution >= 4 is 73.6 Å². The molecule has 0 aromatic heterocycles. The summed E-state index contributed by atoms with van der Waals surface area (Å²) < 4.78 is 8.39. The Morgan fingerprint density at radius 1 is 1.50 bits per heavy atom. The zero-order valence-corrected chi connectivity index (χ0v) is 13.7. The minimum atomic E-state index is 0. The number of hydrogen-bond donors (Lipinski definition) is 0. The third kappa shape index (κ3) is 9.15. The van der Waals surface area contributed by atoms with Gasteiger partial charge in [-0.2, -0.15) is 0 Å². The van der Waals surface area contributed by atoms with Gasteiger partial charge in [0.25, 0.3) is 0 Å². The van der Waals surface area contributed by atoms with Gasteiger partial charge in [0.05, 0.1) is 0 Å². The van der Waals surface area contributed by atoms with E-state index in [9.17, 15) is 0 Å². The molecule has 0 unspecified atom stereocenters. The Balaban J connectivity index is -0.000000000833. The third-order valence-corrected chi connectivity index (χ3v) is 0. The van der Waals surface area contributed by atoms with Crippen LogP contribution in [0.3, 0.4) is 0 Å². The summed E-state index contributed by atoms with van der Waals surface area (Å²) in [5.41, 5.74) is 0. The Bertz CT molecular complexity index is 13.5. The summed E-state index contributed by atoms with van der Waals surface area (Å²) in [6, 6.07) is 0. The summed E-state index contributed by atoms with van der Waals surface area (Å²) in [7, 11) is 0. The summed E-state index contributed by atoms with van der Waals surface area (Å²) >= 11 is 0.0556. The van der Waals surface area contributed by atoms with Crippen LogP contribution in [-0.2, 0) is 2.81 Å². The number of hydrogen-bond acceptors (Lipinski definition) is 1. The van der Waals surface area contributed by atoms with Crippen molar-refractivity contribution in [2.24, 2.45) is 0 Å². The molecule has 0 atom stereocenters. The van der Waals surface area contributed by atoms with Gasteiger partial charge in [-0.15, -0.1) is 0 Å². The van der Waals surface area contributed by atoms with Crippen molar-refractivity contribution in [1.82, 2.24) is 0 Å². The van der Waals surface area contributed by atoms with Gasteiger partial charge in [0.2, 0.25) is 0 Å². The Morgan fingerprint density at radius 2 is 1.50 bits per heavy atom. The monoisotopic (exact) mass is 508 g/mol. The minimum absolute atomic E-state index is 0. The molecule has 0 aliphatic carbocycles. The second-order valence-electron chi connectivity index (χ2n) is 0. The fourth-order valence-electron chi connectivity index (χ4n) is 0. The molecule has 0 rings (SSSR count). The van der Waals surface area contributed by atoms with Crippen LogP contribution in [0, 0.1) is 40.8 Å². The summed E-state index contributed by atoms with van der Waals surface area (Å²) in [6.45, 7) is 0. The molecule has 0 aromatic rings. The van der Waals surface area contributed by atoms with Crippen molar-refractivity contribution in [1.29, 1.82) is 0 Å². The topological polar surface area (TPSA) is 17.1 Å². The SMILES string of the molecule is [Ba+2].[H-].[H-].[Nd].[O]=[BiH]. The molecule has 0 aliphatic heterocycles. The quantitative estimate of drug-likeness (QED) is 0.386. The van der Waals surface area contributed by atoms with Crippen LogP contribution in [-0.4, -0.2) is 73.6 Å². The van der Waals surface area contributed by atoms with E-state index >= 15 is 0 Å². The molecule has 0 saturated heterocycles. The third-order valence-electron chi connectivity index (χ3n) is 0. The standard InChI is InChI=1S/Ba.Bi.Nd.O.3H/q+2;;;;;2*-1. The first kappa shape index (κ1) is 15.6. The van der Waals surface area contributed by atoms with E-state index in [1.165, 1.54) is 0 Å². The van der Waals surface area contributed by atoms with E-state index in [1.54, 1.807) is 0 Å². The maximum atomic E-state index is 8.39. The zero-order valence-electron chi connectivity index (χ0n) is 4.12. The van der Waals surface area contributed by atoms with Gasteiger partial charge >= 0.3 is 76.4 Å². The molecule has 0 N–H and O–H groups in total. The van der Waals surface area contributed by atoms with Crippen LogP contribution in [0.25, 0.3) is 0 Å². The van der Waals surface area contributed by atoms with Gasteiger partial charge in [0, 0.05) is 40.8 Å². The molecule has 0 aromatic carbocycles. The first-order chi connectivity index (χ1) is 1.00. The van der Waals surface area contributed by atoms with Gasteiger partial charge in [-0.1, -0.05) is 0 Å². The van der Waals surface area contributed by atoms with E-state index in [-0.39, 0.29) is 117 Å². The molecule has 4 heteroatoms. The molecular weight excluding hydrogens is 507 g/mol. The summed E-state index contributed by atoms with van der Waals surface area (Å²) in [4.78, 5) is 0. The van der Waals surface area contributed by atoms with Crippen molar-refractivity contribution in [3.63, 3.8) is 0 Å². The first-order valence-corrected chi connectivity index (χ1v) is 1.79. The van der Waals surface area contributed by atoms with Crippen molar-refractivity contribution < 1.29 is 46.5 Å². The van der Waals surface area contributed by atoms with Crippen LogP contribution in [0.5, 0.6) is 0 Å². The van der Waals surface area contributed by atoms with Crippen LogP contribution in [0.2, 0.25) is 0 Å². The molecule has 0 heterocycles. The first-order valence-electron chi connectivity index (χ1n) is 0.204. The molecule has 4 heavy (non-hydrogen) atoms. The summed E-state index contributed by atoms with van der Waals surface area (Å²) in [6.07, 6.45) is 0. The van der Waals surface area contributed by atoms with E-state index in [2.05, 4.69) is 0 Å². The molecule has 0 saturated carbocycles. The van der Waals surface area contributed by atoms with E-state index < -0.39 is 0 Å². The van der Waals surface area contributed by atoms with Crippen molar-refractivity contribution in [3.05, 3.63) is 0 Å². The molecule has 0 bridgehead atoms. The molecule has 0 radical (unpaired) electrons. The fraction of sp³-hybridized carbons (Fsp3) is 0. The van der Waals surface area contributed by atoms with Gasteiger partial charge in [-0.05, 0) is 0 Å². The zero-order chi connectivity index (χ0) is 2.00. The van der Waals surface area contributed by atoms with E-state index in [4.69, 9.17) is 2.81 Å². The second-order valence-corrected chi connectivity index (χ2v) is 0. The van der Waals surface area contributed by atoms with Crippen LogP contribution in [0.1, 0.15) is 2.85 Å². The predicted octanol–water partition coefficient (Wildman–Crippen LogP) is -0.923. The van der Waals surface area contributed by atoms with Gasteiger partial charge in [0.1, 0.15) is 0 Å². The molecule has 0 amide bonds. The van der Waals surface area contributed by atoms with Crippen LogP contribution >= 0.6 is 0 Å². The average molecular weight is 510 g/mol. The summed E-state index contributed by atoms with van der Waals surface area (Å²) in [5, 5.41) is 0. The van der Waals surface area contributed by atoms with Crippen molar-refractivity contribution in [2.75, 3.05) is 0 Å². The number of rotatable bonds is 0. The van der Waals surface area contributed by atoms with Gasteiger partial charge in [0.15, 0.2) is 0 Å². The van der Waals surface area contributed by atoms with Crippen molar-refractivity contribution in [2.45, 2.75) is 0 Å². The van der Waals surface area contributed by atoms with Gasteiger partial charge in [-0.3, -0.25) is 0 Å². The normalized spacial score (nSPS) is 1.00. The maximum absolute atomic E-state index is 8.39. The van der Waals surface area contributed by atoms with Gasteiger partial charge < -0.3 is 2.85 Å². The Labute approximate surface area is 117 Å². The molecule has 0 spiro atoms. The van der Waals surface area contributed by atoms with Crippen LogP contribution < -0.4 is 0 Å². The van der Waals surface area contributed by atoms with Gasteiger partial charge in [-0.25, -0.2) is 0 Å². The fourth-order valence-corrected chi connectivity index (χ4v) is 0. The Morgan fingerprint density at radius 3 is 1.50 bits per heavy atom. The predicted molar refractivity (Wildman–Crippen MR) is 15.8 cm³/mol. The molecule has 0 aliphatic rings. The molecule has 1 nitrogen and oxygen atoms in total. The summed E-state index contributed by atoms with van der Waals surface area (Å²) in [5.74, 6) is 0. The Kier molecular flexibility index (Phi) is 62.5.